The average Bonchev–Trinajstić information content (AvgIpc) is 3.35. The van der Waals surface area contributed by atoms with Crippen LogP contribution in [0.1, 0.15) is 37.1 Å². The zero-order valence-electron chi connectivity index (χ0n) is 17.0. The maximum atomic E-state index is 10.2. The Hall–Kier alpha value is -1.05. The predicted molar refractivity (Wildman–Crippen MR) is 115 cm³/mol. The molecule has 29 heavy (non-hydrogen) atoms. The van der Waals surface area contributed by atoms with E-state index in [1.807, 2.05) is 11.3 Å². The number of aliphatic hydroxyl groups is 1. The van der Waals surface area contributed by atoms with Crippen molar-refractivity contribution < 1.29 is 9.84 Å². The van der Waals surface area contributed by atoms with Gasteiger partial charge in [0.25, 0.3) is 0 Å². The van der Waals surface area contributed by atoms with Gasteiger partial charge < -0.3 is 9.84 Å². The predicted octanol–water partition coefficient (Wildman–Crippen LogP) is 3.12. The van der Waals surface area contributed by atoms with Gasteiger partial charge in [-0.2, -0.15) is 0 Å². The normalized spacial score (nSPS) is 36.1. The van der Waals surface area contributed by atoms with Gasteiger partial charge >= 0.3 is 0 Å². The molecule has 4 fully saturated rings. The minimum Gasteiger partial charge on any atom is -0.396 e. The van der Waals surface area contributed by atoms with Crippen LogP contribution in [-0.2, 0) is 11.3 Å². The summed E-state index contributed by atoms with van der Waals surface area (Å²) in [5, 5.41) is 11.4. The van der Waals surface area contributed by atoms with Gasteiger partial charge in [0.1, 0.15) is 5.01 Å². The van der Waals surface area contributed by atoms with E-state index >= 15 is 0 Å². The summed E-state index contributed by atoms with van der Waals surface area (Å²) >= 11 is 1.81. The first-order chi connectivity index (χ1) is 14.2. The number of likely N-dealkylation sites (tertiary alicyclic amines) is 2. The minimum atomic E-state index is -0.0928. The third kappa shape index (κ3) is 3.15. The van der Waals surface area contributed by atoms with E-state index in [9.17, 15) is 5.11 Å². The quantitative estimate of drug-likeness (QED) is 0.835. The molecule has 2 bridgehead atoms. The van der Waals surface area contributed by atoms with E-state index in [4.69, 9.17) is 9.72 Å². The maximum absolute atomic E-state index is 10.2. The smallest absolute Gasteiger partial charge is 0.108 e. The Morgan fingerprint density at radius 3 is 2.83 bits per heavy atom. The molecule has 4 atom stereocenters. The molecule has 0 amide bonds. The van der Waals surface area contributed by atoms with E-state index in [1.165, 1.54) is 41.8 Å². The lowest BCUT2D eigenvalue weighted by Gasteiger charge is -2.45. The monoisotopic (exact) mass is 413 g/mol. The summed E-state index contributed by atoms with van der Waals surface area (Å²) < 4.78 is 7.97. The number of hydrogen-bond donors (Lipinski definition) is 1. The van der Waals surface area contributed by atoms with E-state index in [2.05, 4.69) is 34.1 Å². The Morgan fingerprint density at radius 2 is 2.00 bits per heavy atom. The molecule has 1 saturated carbocycles. The molecule has 1 aromatic carbocycles. The number of morpholine rings is 1. The largest absolute Gasteiger partial charge is 0.396 e. The van der Waals surface area contributed by atoms with Crippen molar-refractivity contribution in [3.8, 4) is 0 Å². The fraction of sp³-hybridized carbons (Fsp3) is 0.696. The Bertz CT molecular complexity index is 849. The second-order valence-electron chi connectivity index (χ2n) is 9.64. The van der Waals surface area contributed by atoms with E-state index < -0.39 is 0 Å². The number of fused-ring (bicyclic) bond motifs is 2. The fourth-order valence-electron chi connectivity index (χ4n) is 6.59. The Labute approximate surface area is 176 Å². The second kappa shape index (κ2) is 7.27. The zero-order chi connectivity index (χ0) is 19.4. The number of hydrogen-bond acceptors (Lipinski definition) is 6. The van der Waals surface area contributed by atoms with Gasteiger partial charge in [0.05, 0.1) is 28.5 Å². The highest BCUT2D eigenvalue weighted by atomic mass is 32.1. The molecule has 1 spiro atoms. The molecule has 0 radical (unpaired) electrons. The van der Waals surface area contributed by atoms with Gasteiger partial charge in [-0.05, 0) is 25.0 Å². The maximum Gasteiger partial charge on any atom is 0.108 e. The summed E-state index contributed by atoms with van der Waals surface area (Å²) in [6.07, 6.45) is 7.03. The average molecular weight is 414 g/mol. The van der Waals surface area contributed by atoms with Crippen LogP contribution >= 0.6 is 11.3 Å². The number of nitrogens with zero attached hydrogens (tertiary/aromatic N) is 3. The van der Waals surface area contributed by atoms with Crippen LogP contribution < -0.4 is 0 Å². The van der Waals surface area contributed by atoms with Gasteiger partial charge in [-0.3, -0.25) is 9.80 Å². The SMILES string of the molecule is OC[C@H]1[C@H]2CN(Cc3nc4ccccc4s3)C[C@]23CN(C2CCCCC2)C[C@H]1O3. The van der Waals surface area contributed by atoms with Crippen LogP contribution in [-0.4, -0.2) is 70.4 Å². The van der Waals surface area contributed by atoms with Crippen molar-refractivity contribution >= 4 is 21.6 Å². The summed E-state index contributed by atoms with van der Waals surface area (Å²) in [6.45, 7) is 5.22. The van der Waals surface area contributed by atoms with E-state index in [-0.39, 0.29) is 24.2 Å². The van der Waals surface area contributed by atoms with Crippen molar-refractivity contribution in [3.63, 3.8) is 0 Å². The number of para-hydroxylation sites is 1. The highest BCUT2D eigenvalue weighted by Gasteiger charge is 2.62. The number of ether oxygens (including phenoxy) is 1. The molecule has 4 aliphatic rings. The minimum absolute atomic E-state index is 0.0928. The Kier molecular flexibility index (Phi) is 4.69. The third-order valence-electron chi connectivity index (χ3n) is 7.89. The highest BCUT2D eigenvalue weighted by molar-refractivity contribution is 7.18. The van der Waals surface area contributed by atoms with Crippen LogP contribution in [0.15, 0.2) is 24.3 Å². The molecule has 2 aromatic rings. The first-order valence-electron chi connectivity index (χ1n) is 11.3. The molecule has 0 unspecified atom stereocenters. The summed E-state index contributed by atoms with van der Waals surface area (Å²) in [5.41, 5.74) is 1.01. The fourth-order valence-corrected chi connectivity index (χ4v) is 7.60. The van der Waals surface area contributed by atoms with E-state index in [1.54, 1.807) is 0 Å². The van der Waals surface area contributed by atoms with Gasteiger partial charge in [0.2, 0.25) is 0 Å². The molecule has 156 valence electrons. The van der Waals surface area contributed by atoms with Crippen LogP contribution in [0.25, 0.3) is 10.2 Å². The van der Waals surface area contributed by atoms with Crippen LogP contribution in [0.2, 0.25) is 0 Å². The molecule has 1 aliphatic carbocycles. The van der Waals surface area contributed by atoms with Crippen LogP contribution in [0.5, 0.6) is 0 Å². The van der Waals surface area contributed by atoms with E-state index in [0.29, 0.717) is 5.92 Å². The van der Waals surface area contributed by atoms with Crippen molar-refractivity contribution in [2.75, 3.05) is 32.8 Å². The molecule has 3 aliphatic heterocycles. The molecule has 6 heteroatoms. The van der Waals surface area contributed by atoms with Gasteiger partial charge in [0.15, 0.2) is 0 Å². The van der Waals surface area contributed by atoms with Crippen molar-refractivity contribution in [1.29, 1.82) is 0 Å². The first kappa shape index (κ1) is 18.7. The molecule has 3 saturated heterocycles. The van der Waals surface area contributed by atoms with Crippen molar-refractivity contribution in [2.24, 2.45) is 11.8 Å². The van der Waals surface area contributed by atoms with Crippen molar-refractivity contribution in [3.05, 3.63) is 29.3 Å². The van der Waals surface area contributed by atoms with Crippen molar-refractivity contribution in [2.45, 2.75) is 56.4 Å². The highest BCUT2D eigenvalue weighted by Crippen LogP contribution is 2.50. The summed E-state index contributed by atoms with van der Waals surface area (Å²) in [5.74, 6) is 0.726. The van der Waals surface area contributed by atoms with Gasteiger partial charge in [-0.1, -0.05) is 31.4 Å². The molecule has 6 rings (SSSR count). The van der Waals surface area contributed by atoms with Crippen LogP contribution in [0.4, 0.5) is 0 Å². The summed E-state index contributed by atoms with van der Waals surface area (Å²) in [7, 11) is 0. The zero-order valence-corrected chi connectivity index (χ0v) is 17.8. The standard InChI is InChI=1S/C23H31N3O2S/c27-13-17-18-10-25(12-22-24-19-8-4-5-9-21(19)29-22)14-23(18)15-26(11-20(17)28-23)16-6-2-1-3-7-16/h4-5,8-9,16-18,20,27H,1-3,6-7,10-15H2/t17-,18+,20+,23-/m0/s1. The molecular weight excluding hydrogens is 382 g/mol. The Balaban J connectivity index is 1.22. The number of rotatable bonds is 4. The Morgan fingerprint density at radius 1 is 1.14 bits per heavy atom. The number of thiazole rings is 1. The first-order valence-corrected chi connectivity index (χ1v) is 12.2. The lowest BCUT2D eigenvalue weighted by Crippen LogP contribution is -2.57. The van der Waals surface area contributed by atoms with Crippen LogP contribution in [0, 0.1) is 11.8 Å². The molecule has 4 heterocycles. The summed E-state index contributed by atoms with van der Waals surface area (Å²) in [4.78, 5) is 10.1. The topological polar surface area (TPSA) is 48.8 Å². The lowest BCUT2D eigenvalue weighted by molar-refractivity contribution is -0.129. The van der Waals surface area contributed by atoms with Gasteiger partial charge in [0, 0.05) is 50.7 Å². The second-order valence-corrected chi connectivity index (χ2v) is 10.8. The third-order valence-corrected chi connectivity index (χ3v) is 8.91. The molecule has 1 aromatic heterocycles. The number of aliphatic hydroxyl groups excluding tert-OH is 1. The van der Waals surface area contributed by atoms with Gasteiger partial charge in [-0.25, -0.2) is 4.98 Å². The number of aromatic nitrogens is 1. The van der Waals surface area contributed by atoms with Crippen molar-refractivity contribution in [1.82, 2.24) is 14.8 Å². The molecule has 5 nitrogen and oxygen atoms in total. The lowest BCUT2D eigenvalue weighted by atomic mass is 9.83. The van der Waals surface area contributed by atoms with E-state index in [0.717, 1.165) is 44.3 Å². The van der Waals surface area contributed by atoms with Gasteiger partial charge in [-0.15, -0.1) is 11.3 Å². The molecule has 1 N–H and O–H groups in total. The summed E-state index contributed by atoms with van der Waals surface area (Å²) in [6, 6.07) is 9.14. The van der Waals surface area contributed by atoms with Crippen LogP contribution in [0.3, 0.4) is 0 Å². The number of benzene rings is 1. The molecular formula is C23H31N3O2S.